The summed E-state index contributed by atoms with van der Waals surface area (Å²) < 4.78 is 4.72. The molecule has 1 atom stereocenters. The molecule has 6 nitrogen and oxygen atoms in total. The maximum Gasteiger partial charge on any atom is 0.337 e. The van der Waals surface area contributed by atoms with Gasteiger partial charge in [-0.15, -0.1) is 0 Å². The number of amides is 1. The van der Waals surface area contributed by atoms with Gasteiger partial charge in [-0.1, -0.05) is 18.5 Å². The van der Waals surface area contributed by atoms with Crippen molar-refractivity contribution >= 4 is 34.9 Å². The molecule has 142 valence electrons. The van der Waals surface area contributed by atoms with E-state index in [1.807, 2.05) is 4.90 Å². The third kappa shape index (κ3) is 4.57. The van der Waals surface area contributed by atoms with Crippen molar-refractivity contribution in [3.8, 4) is 0 Å². The molecule has 0 spiro atoms. The predicted octanol–water partition coefficient (Wildman–Crippen LogP) is 4.14. The Kier molecular flexibility index (Phi) is 5.96. The topological polar surface area (TPSA) is 71.5 Å². The average Bonchev–Trinajstić information content (AvgIpc) is 2.69. The summed E-state index contributed by atoms with van der Waals surface area (Å²) in [6.07, 6.45) is 3.77. The van der Waals surface area contributed by atoms with Crippen molar-refractivity contribution in [2.75, 3.05) is 25.5 Å². The maximum atomic E-state index is 12.6. The zero-order valence-electron chi connectivity index (χ0n) is 15.4. The number of benzene rings is 1. The molecule has 1 aliphatic heterocycles. The molecule has 2 aromatic rings. The van der Waals surface area contributed by atoms with Crippen molar-refractivity contribution in [2.45, 2.75) is 19.8 Å². The Labute approximate surface area is 163 Å². The number of nitrogens with zero attached hydrogens (tertiary/aromatic N) is 2. The van der Waals surface area contributed by atoms with Crippen molar-refractivity contribution in [3.63, 3.8) is 0 Å². The van der Waals surface area contributed by atoms with Gasteiger partial charge < -0.3 is 15.0 Å². The van der Waals surface area contributed by atoms with E-state index in [9.17, 15) is 9.59 Å². The zero-order chi connectivity index (χ0) is 19.4. The fourth-order valence-corrected chi connectivity index (χ4v) is 3.32. The SMILES string of the molecule is COC(=O)c1ccc(Cl)c(Nc2ccc(C(=O)N3CCCC(C)C3)nc2)c1. The van der Waals surface area contributed by atoms with Crippen molar-refractivity contribution < 1.29 is 14.3 Å². The van der Waals surface area contributed by atoms with Gasteiger partial charge in [-0.3, -0.25) is 4.79 Å². The second-order valence-electron chi connectivity index (χ2n) is 6.74. The molecule has 1 saturated heterocycles. The fourth-order valence-electron chi connectivity index (χ4n) is 3.15. The van der Waals surface area contributed by atoms with Crippen molar-refractivity contribution in [3.05, 3.63) is 52.8 Å². The standard InChI is InChI=1S/C20H22ClN3O3/c1-13-4-3-9-24(12-13)19(25)17-8-6-15(11-22-17)23-18-10-14(20(26)27-2)5-7-16(18)21/h5-8,10-11,13,23H,3-4,9,12H2,1-2H3. The highest BCUT2D eigenvalue weighted by Gasteiger charge is 2.22. The van der Waals surface area contributed by atoms with Gasteiger partial charge in [0.05, 0.1) is 35.3 Å². The first-order valence-corrected chi connectivity index (χ1v) is 9.26. The smallest absolute Gasteiger partial charge is 0.337 e. The maximum absolute atomic E-state index is 12.6. The number of anilines is 2. The van der Waals surface area contributed by atoms with Gasteiger partial charge in [0.1, 0.15) is 5.69 Å². The number of hydrogen-bond acceptors (Lipinski definition) is 5. The lowest BCUT2D eigenvalue weighted by atomic mass is 10.00. The van der Waals surface area contributed by atoms with Gasteiger partial charge in [0.15, 0.2) is 0 Å². The molecule has 27 heavy (non-hydrogen) atoms. The third-order valence-electron chi connectivity index (χ3n) is 4.59. The fraction of sp³-hybridized carbons (Fsp3) is 0.350. The summed E-state index contributed by atoms with van der Waals surface area (Å²) >= 11 is 6.20. The van der Waals surface area contributed by atoms with E-state index >= 15 is 0 Å². The quantitative estimate of drug-likeness (QED) is 0.798. The van der Waals surface area contributed by atoms with Gasteiger partial charge >= 0.3 is 5.97 Å². The number of aromatic nitrogens is 1. The molecule has 2 heterocycles. The van der Waals surface area contributed by atoms with Crippen LogP contribution in [0, 0.1) is 5.92 Å². The first kappa shape index (κ1) is 19.2. The summed E-state index contributed by atoms with van der Waals surface area (Å²) in [4.78, 5) is 30.4. The molecule has 1 unspecified atom stereocenters. The molecule has 1 aliphatic rings. The lowest BCUT2D eigenvalue weighted by Crippen LogP contribution is -2.39. The van der Waals surface area contributed by atoms with Gasteiger partial charge in [0.2, 0.25) is 0 Å². The van der Waals surface area contributed by atoms with E-state index in [-0.39, 0.29) is 5.91 Å². The van der Waals surface area contributed by atoms with E-state index in [1.165, 1.54) is 7.11 Å². The van der Waals surface area contributed by atoms with Crippen LogP contribution < -0.4 is 5.32 Å². The summed E-state index contributed by atoms with van der Waals surface area (Å²) in [5.41, 5.74) is 2.04. The van der Waals surface area contributed by atoms with Gasteiger partial charge in [-0.05, 0) is 49.1 Å². The van der Waals surface area contributed by atoms with Crippen LogP contribution in [-0.4, -0.2) is 42.0 Å². The molecule has 1 fully saturated rings. The van der Waals surface area contributed by atoms with Crippen LogP contribution in [0.2, 0.25) is 5.02 Å². The summed E-state index contributed by atoms with van der Waals surface area (Å²) in [5.74, 6) is 0.0382. The second kappa shape index (κ2) is 8.39. The summed E-state index contributed by atoms with van der Waals surface area (Å²) in [5, 5.41) is 3.58. The van der Waals surface area contributed by atoms with E-state index in [0.717, 1.165) is 25.9 Å². The Morgan fingerprint density at radius 2 is 2.11 bits per heavy atom. The number of nitrogens with one attached hydrogen (secondary N) is 1. The predicted molar refractivity (Wildman–Crippen MR) is 105 cm³/mol. The Morgan fingerprint density at radius 1 is 1.30 bits per heavy atom. The number of piperidine rings is 1. The van der Waals surface area contributed by atoms with Crippen LogP contribution in [0.1, 0.15) is 40.6 Å². The number of methoxy groups -OCH3 is 1. The molecule has 1 aromatic carbocycles. The van der Waals surface area contributed by atoms with Crippen molar-refractivity contribution in [1.82, 2.24) is 9.88 Å². The van der Waals surface area contributed by atoms with Crippen LogP contribution in [0.15, 0.2) is 36.5 Å². The Balaban J connectivity index is 1.72. The van der Waals surface area contributed by atoms with Crippen molar-refractivity contribution in [2.24, 2.45) is 5.92 Å². The first-order valence-electron chi connectivity index (χ1n) is 8.88. The van der Waals surface area contributed by atoms with E-state index in [0.29, 0.717) is 33.6 Å². The van der Waals surface area contributed by atoms with Crippen LogP contribution in [-0.2, 0) is 4.74 Å². The summed E-state index contributed by atoms with van der Waals surface area (Å²) in [6, 6.07) is 8.30. The molecular formula is C20H22ClN3O3. The molecule has 3 rings (SSSR count). The highest BCUT2D eigenvalue weighted by Crippen LogP contribution is 2.27. The van der Waals surface area contributed by atoms with Crippen LogP contribution in [0.4, 0.5) is 11.4 Å². The highest BCUT2D eigenvalue weighted by molar-refractivity contribution is 6.33. The minimum Gasteiger partial charge on any atom is -0.465 e. The number of carbonyl (C=O) groups excluding carboxylic acids is 2. The first-order chi connectivity index (χ1) is 13.0. The van der Waals surface area contributed by atoms with Gasteiger partial charge in [-0.2, -0.15) is 0 Å². The Morgan fingerprint density at radius 3 is 2.78 bits per heavy atom. The molecule has 7 heteroatoms. The molecule has 1 aromatic heterocycles. The van der Waals surface area contributed by atoms with Gasteiger partial charge in [0, 0.05) is 13.1 Å². The minimum absolute atomic E-state index is 0.0428. The minimum atomic E-state index is -0.440. The van der Waals surface area contributed by atoms with Crippen LogP contribution in [0.25, 0.3) is 0 Å². The van der Waals surface area contributed by atoms with Crippen molar-refractivity contribution in [1.29, 1.82) is 0 Å². The normalized spacial score (nSPS) is 16.7. The summed E-state index contributed by atoms with van der Waals surface area (Å²) in [6.45, 7) is 3.71. The largest absolute Gasteiger partial charge is 0.465 e. The molecule has 1 amide bonds. The zero-order valence-corrected chi connectivity index (χ0v) is 16.1. The Hall–Kier alpha value is -2.60. The monoisotopic (exact) mass is 387 g/mol. The van der Waals surface area contributed by atoms with Gasteiger partial charge in [-0.25, -0.2) is 9.78 Å². The lowest BCUT2D eigenvalue weighted by molar-refractivity contribution is 0.0600. The van der Waals surface area contributed by atoms with Crippen LogP contribution >= 0.6 is 11.6 Å². The number of pyridine rings is 1. The average molecular weight is 388 g/mol. The number of likely N-dealkylation sites (tertiary alicyclic amines) is 1. The molecular weight excluding hydrogens is 366 g/mol. The molecule has 1 N–H and O–H groups in total. The number of hydrogen-bond donors (Lipinski definition) is 1. The molecule has 0 aliphatic carbocycles. The number of carbonyl (C=O) groups is 2. The number of rotatable bonds is 4. The van der Waals surface area contributed by atoms with E-state index in [2.05, 4.69) is 17.2 Å². The summed E-state index contributed by atoms with van der Waals surface area (Å²) in [7, 11) is 1.33. The van der Waals surface area contributed by atoms with Gasteiger partial charge in [0.25, 0.3) is 5.91 Å². The van der Waals surface area contributed by atoms with Crippen LogP contribution in [0.5, 0.6) is 0 Å². The van der Waals surface area contributed by atoms with E-state index in [1.54, 1.807) is 36.5 Å². The molecule has 0 radical (unpaired) electrons. The number of ether oxygens (including phenoxy) is 1. The second-order valence-corrected chi connectivity index (χ2v) is 7.15. The van der Waals surface area contributed by atoms with E-state index < -0.39 is 5.97 Å². The Bertz CT molecular complexity index is 839. The van der Waals surface area contributed by atoms with E-state index in [4.69, 9.17) is 16.3 Å². The highest BCUT2D eigenvalue weighted by atomic mass is 35.5. The lowest BCUT2D eigenvalue weighted by Gasteiger charge is -2.30. The molecule has 0 bridgehead atoms. The number of esters is 1. The molecule has 0 saturated carbocycles. The number of halogens is 1. The van der Waals surface area contributed by atoms with Crippen LogP contribution in [0.3, 0.4) is 0 Å². The third-order valence-corrected chi connectivity index (χ3v) is 4.92.